The molecule has 10 heterocycles. The lowest BCUT2D eigenvalue weighted by molar-refractivity contribution is -0.162. The number of nitrogens with zero attached hydrogens (tertiary/aromatic N) is 7. The number of fused-ring (bicyclic) bond motifs is 5. The van der Waals surface area contributed by atoms with Gasteiger partial charge in [0.1, 0.15) is 66.8 Å². The van der Waals surface area contributed by atoms with Crippen molar-refractivity contribution in [3.8, 4) is 50.6 Å². The van der Waals surface area contributed by atoms with Gasteiger partial charge in [-0.2, -0.15) is 0 Å². The van der Waals surface area contributed by atoms with Crippen LogP contribution in [0.1, 0.15) is 252 Å². The number of hydrogen-bond donors (Lipinski definition) is 2. The molecule has 6 aromatic carbocycles. The van der Waals surface area contributed by atoms with Crippen molar-refractivity contribution in [3.05, 3.63) is 195 Å². The summed E-state index contributed by atoms with van der Waals surface area (Å²) in [5.74, 6) is 3.35. The van der Waals surface area contributed by atoms with Crippen molar-refractivity contribution in [2.24, 2.45) is 33.8 Å². The lowest BCUT2D eigenvalue weighted by atomic mass is 9.86. The average molecular weight is 1930 g/mol. The van der Waals surface area contributed by atoms with E-state index < -0.39 is 57.7 Å². The van der Waals surface area contributed by atoms with Crippen LogP contribution in [0.4, 0.5) is 5.82 Å². The molecule has 0 bridgehead atoms. The van der Waals surface area contributed by atoms with Gasteiger partial charge in [-0.3, -0.25) is 38.7 Å². The maximum atomic E-state index is 13.0. The van der Waals surface area contributed by atoms with Gasteiger partial charge in [0.25, 0.3) is 0 Å². The highest BCUT2D eigenvalue weighted by atomic mass is 16.7. The van der Waals surface area contributed by atoms with E-state index in [4.69, 9.17) is 97.2 Å². The van der Waals surface area contributed by atoms with Crippen molar-refractivity contribution in [1.82, 2.24) is 34.3 Å². The van der Waals surface area contributed by atoms with Gasteiger partial charge in [-0.15, -0.1) is 0 Å². The Balaban J connectivity index is 0.000000170. The number of nitrogens with one attached hydrogen (secondary N) is 1. The number of esters is 3. The van der Waals surface area contributed by atoms with Crippen molar-refractivity contribution in [2.45, 2.75) is 279 Å². The van der Waals surface area contributed by atoms with E-state index >= 15 is 0 Å². The Kier molecular flexibility index (Phi) is 32.9. The minimum Gasteiger partial charge on any atom is -0.493 e. The predicted octanol–water partition coefficient (Wildman–Crippen LogP) is 24.7. The molecule has 16 rings (SSSR count). The molecule has 0 radical (unpaired) electrons. The van der Waals surface area contributed by atoms with Crippen LogP contribution in [0, 0.1) is 55.8 Å². The van der Waals surface area contributed by atoms with Gasteiger partial charge in [0.2, 0.25) is 0 Å². The first-order valence-electron chi connectivity index (χ1n) is 49.4. The van der Waals surface area contributed by atoms with Crippen LogP contribution in [-0.2, 0) is 81.0 Å². The number of methoxy groups -OCH3 is 4. The second-order valence-electron chi connectivity index (χ2n) is 44.4. The van der Waals surface area contributed by atoms with Crippen molar-refractivity contribution < 1.29 is 76.0 Å². The first kappa shape index (κ1) is 107. The van der Waals surface area contributed by atoms with Crippen molar-refractivity contribution in [3.63, 3.8) is 0 Å². The lowest BCUT2D eigenvalue weighted by Crippen LogP contribution is -2.41. The molecule has 0 amide bonds. The molecule has 7 aromatic heterocycles. The van der Waals surface area contributed by atoms with Crippen LogP contribution >= 0.6 is 0 Å². The molecule has 0 spiro atoms. The molecule has 0 fully saturated rings. The number of benzene rings is 6. The molecule has 3 aliphatic rings. The smallest absolute Gasteiger partial charge is 0.311 e. The first-order chi connectivity index (χ1) is 66.3. The fourth-order valence-corrected chi connectivity index (χ4v) is 18.6. The third-order valence-corrected chi connectivity index (χ3v) is 25.5. The number of carbonyl (C=O) groups is 3. The monoisotopic (exact) mass is 1920 g/mol. The van der Waals surface area contributed by atoms with E-state index in [-0.39, 0.29) is 62.0 Å². The second-order valence-corrected chi connectivity index (χ2v) is 44.4. The maximum absolute atomic E-state index is 13.0. The topological polar surface area (TPSA) is 291 Å². The molecule has 25 heteroatoms. The number of imidazole rings is 1. The molecule has 0 saturated carbocycles. The van der Waals surface area contributed by atoms with Gasteiger partial charge >= 0.3 is 17.9 Å². The summed E-state index contributed by atoms with van der Waals surface area (Å²) in [5, 5.41) is 9.66. The standard InChI is InChI=1S/C39H51N3O6.C37H43N3O4.C33H38N2O4.C7H17NO2/c1-22(2)34(36(44-10)45-11)42-30-15-13-25-27(41-30)20-23(3)31(29(48-39(7,8)9)21-47-37(43)38(4,5)6)33(25)26-12-14-28-32-24(17-19-46-28)16-18-40-35(26)32;1-21(2)26-19-40-27-18-22(3)31(29(44-37(7,8)9)20-43-35(41)36(4,5)6)33(24(27)11-13-30(40)39-26)25-10-12-28-32-23(15-17-42-28)14-16-38-34(25)32;1-19-17-24-22(10-9-20(2)35-24)29(23-11-12-25-28-21(14-16-37-25)13-15-34-30(23)28)27(19)26(39-33(6,7)8)18-38-31(36)32(3,4)5;1-5(2)6(8)7(9-3)10-4/h12-16,18,20,22,29,34,36H,17,19,21H2,1-11H3,(H,41,42);10-14,16,18-19,21,29H,15,17,20H2,1-9H3;9-13,15,17,26H,14,16,18H2,1-8H3;5-7H,8H2,1-4H3/t29-,34+;29-;26-;6-/m1110/s1. The van der Waals surface area contributed by atoms with Crippen molar-refractivity contribution in [1.29, 1.82) is 0 Å². The zero-order valence-corrected chi connectivity index (χ0v) is 89.1. The first-order valence-corrected chi connectivity index (χ1v) is 49.4. The number of hydrogen-bond acceptors (Lipinski definition) is 24. The molecule has 0 aliphatic carbocycles. The van der Waals surface area contributed by atoms with E-state index in [0.717, 1.165) is 186 Å². The van der Waals surface area contributed by atoms with Crippen LogP contribution in [0.2, 0.25) is 0 Å². The number of ether oxygens (including phenoxy) is 13. The zero-order valence-electron chi connectivity index (χ0n) is 89.1. The summed E-state index contributed by atoms with van der Waals surface area (Å²) in [7, 11) is 6.47. The van der Waals surface area contributed by atoms with Crippen LogP contribution in [0.25, 0.3) is 104 Å². The number of pyridine rings is 6. The highest BCUT2D eigenvalue weighted by molar-refractivity contribution is 6.11. The fraction of sp³-hybridized carbons (Fsp3) is 0.491. The Morgan fingerprint density at radius 1 is 0.426 bits per heavy atom. The van der Waals surface area contributed by atoms with E-state index in [9.17, 15) is 14.4 Å². The molecule has 13 aromatic rings. The molecule has 3 aliphatic heterocycles. The van der Waals surface area contributed by atoms with Gasteiger partial charge in [0.05, 0.1) is 104 Å². The van der Waals surface area contributed by atoms with Crippen LogP contribution in [-0.4, -0.2) is 162 Å². The van der Waals surface area contributed by atoms with E-state index in [1.807, 2.05) is 188 Å². The molecule has 5 atom stereocenters. The second kappa shape index (κ2) is 43.4. The minimum absolute atomic E-state index is 0.0463. The van der Waals surface area contributed by atoms with Gasteiger partial charge in [0, 0.05) is 127 Å². The average Bonchev–Trinajstić information content (AvgIpc) is 1.68. The summed E-state index contributed by atoms with van der Waals surface area (Å²) in [5.41, 5.74) is 26.1. The number of anilines is 1. The highest BCUT2D eigenvalue weighted by Crippen LogP contribution is 2.51. The van der Waals surface area contributed by atoms with Crippen LogP contribution in [0.15, 0.2) is 134 Å². The lowest BCUT2D eigenvalue weighted by Gasteiger charge is -2.32. The molecule has 3 N–H and O–H groups in total. The molecule has 0 saturated heterocycles. The maximum Gasteiger partial charge on any atom is 0.311 e. The number of carbonyl (C=O) groups excluding carboxylic acids is 3. The minimum atomic E-state index is -0.653. The van der Waals surface area contributed by atoms with Gasteiger partial charge in [0.15, 0.2) is 12.6 Å². The largest absolute Gasteiger partial charge is 0.493 e. The summed E-state index contributed by atoms with van der Waals surface area (Å²) < 4.78 is 79.5. The summed E-state index contributed by atoms with van der Waals surface area (Å²) in [6.45, 7) is 58.1. The van der Waals surface area contributed by atoms with Gasteiger partial charge in [-0.05, 0) is 340 Å². The number of aryl methyl sites for hydroxylation is 4. The van der Waals surface area contributed by atoms with Crippen molar-refractivity contribution >= 4 is 94.8 Å². The quantitative estimate of drug-likeness (QED) is 0.0289. The van der Waals surface area contributed by atoms with Gasteiger partial charge < -0.3 is 72.6 Å². The van der Waals surface area contributed by atoms with Gasteiger partial charge in [-0.25, -0.2) is 9.97 Å². The Labute approximate surface area is 832 Å². The fourth-order valence-electron chi connectivity index (χ4n) is 18.6. The highest BCUT2D eigenvalue weighted by Gasteiger charge is 2.38. The molecular weight excluding hydrogens is 1780 g/mol. The normalized spacial score (nSPS) is 14.5. The van der Waals surface area contributed by atoms with Gasteiger partial charge in [-0.1, -0.05) is 47.6 Å². The predicted molar refractivity (Wildman–Crippen MR) is 562 cm³/mol. The third-order valence-electron chi connectivity index (χ3n) is 25.5. The third kappa shape index (κ3) is 24.4. The van der Waals surface area contributed by atoms with Crippen LogP contribution < -0.4 is 25.3 Å². The molecule has 25 nitrogen and oxygen atoms in total. The zero-order chi connectivity index (χ0) is 103. The van der Waals surface area contributed by atoms with Crippen LogP contribution in [0.3, 0.4) is 0 Å². The van der Waals surface area contributed by atoms with E-state index in [0.29, 0.717) is 37.5 Å². The molecule has 0 unspecified atom stereocenters. The molecule has 141 heavy (non-hydrogen) atoms. The molecule has 754 valence electrons. The molecular formula is C116H149N9O16. The summed E-state index contributed by atoms with van der Waals surface area (Å²) in [6, 6.07) is 37.4. The summed E-state index contributed by atoms with van der Waals surface area (Å²) in [6.07, 6.45) is 7.97. The SMILES string of the molecule is COC(OC)[C@@H](N)C(C)C.COC(OC)[C@@H](Nc1ccc2c(-c3ccc4c5c(ccnc35)CCO4)c([C@@H](COC(=O)C(C)(C)C)OC(C)(C)C)c(C)cc2n1)C(C)C.Cc1cc2c(ccc3nc(C(C)C)cn32)c(-c2ccc3c4c(ccnc24)CCO3)c1[C@@H](COC(=O)C(C)(C)C)OC(C)(C)C.Cc1ccc2c(-c3ccc4c5c(ccnc35)CCO4)c([C@@H](COC(=O)C(C)(C)C)OC(C)(C)C)c(C)cc2n1. The van der Waals surface area contributed by atoms with E-state index in [1.165, 1.54) is 16.7 Å². The Bertz CT molecular complexity index is 6700. The summed E-state index contributed by atoms with van der Waals surface area (Å²) in [4.78, 5) is 68.5. The number of rotatable bonds is 26. The van der Waals surface area contributed by atoms with Crippen molar-refractivity contribution in [2.75, 3.05) is 73.4 Å². The number of nitrogens with two attached hydrogens (primary N) is 1. The Morgan fingerprint density at radius 2 is 0.787 bits per heavy atom. The Hall–Kier alpha value is -11.4. The van der Waals surface area contributed by atoms with Crippen LogP contribution in [0.5, 0.6) is 17.2 Å². The summed E-state index contributed by atoms with van der Waals surface area (Å²) >= 11 is 0. The van der Waals surface area contributed by atoms with E-state index in [2.05, 4.69) is 149 Å². The van der Waals surface area contributed by atoms with E-state index in [1.54, 1.807) is 28.4 Å². The number of aromatic nitrogens is 7. The Morgan fingerprint density at radius 3 is 1.13 bits per heavy atom.